The lowest BCUT2D eigenvalue weighted by Crippen LogP contribution is -2.33. The van der Waals surface area contributed by atoms with Crippen LogP contribution in [0.3, 0.4) is 0 Å². The van der Waals surface area contributed by atoms with E-state index in [-0.39, 0.29) is 18.0 Å². The molecule has 1 aliphatic rings. The number of carbonyl (C=O) groups excluding carboxylic acids is 2. The highest BCUT2D eigenvalue weighted by atomic mass is 16.1. The second-order valence-corrected chi connectivity index (χ2v) is 3.08. The average Bonchev–Trinajstić information content (AvgIpc) is 1.98. The van der Waals surface area contributed by atoms with Gasteiger partial charge in [-0.15, -0.1) is 0 Å². The fourth-order valence-electron chi connectivity index (χ4n) is 1.11. The van der Waals surface area contributed by atoms with Gasteiger partial charge in [0.2, 0.25) is 0 Å². The van der Waals surface area contributed by atoms with Crippen molar-refractivity contribution in [2.45, 2.75) is 26.2 Å². The first-order chi connectivity index (χ1) is 5.08. The number of nitriles is 1. The first-order valence-electron chi connectivity index (χ1n) is 3.55. The molecule has 0 heterocycles. The van der Waals surface area contributed by atoms with Gasteiger partial charge in [-0.2, -0.15) is 5.26 Å². The maximum Gasteiger partial charge on any atom is 0.160 e. The van der Waals surface area contributed by atoms with Crippen LogP contribution in [0.4, 0.5) is 0 Å². The van der Waals surface area contributed by atoms with Crippen LogP contribution in [0.5, 0.6) is 0 Å². The maximum absolute atomic E-state index is 11.1. The van der Waals surface area contributed by atoms with Gasteiger partial charge in [-0.25, -0.2) is 0 Å². The first-order valence-corrected chi connectivity index (χ1v) is 3.55. The van der Waals surface area contributed by atoms with Gasteiger partial charge < -0.3 is 0 Å². The molecule has 0 aromatic heterocycles. The van der Waals surface area contributed by atoms with E-state index in [9.17, 15) is 9.59 Å². The summed E-state index contributed by atoms with van der Waals surface area (Å²) in [6.07, 6.45) is 0.709. The Labute approximate surface area is 65.0 Å². The Hall–Kier alpha value is -1.17. The van der Waals surface area contributed by atoms with Crippen LogP contribution in [0.1, 0.15) is 26.2 Å². The molecule has 0 spiro atoms. The number of hydrogen-bond acceptors (Lipinski definition) is 3. The van der Waals surface area contributed by atoms with Gasteiger partial charge in [0.15, 0.2) is 5.78 Å². The lowest BCUT2D eigenvalue weighted by atomic mass is 9.75. The van der Waals surface area contributed by atoms with E-state index < -0.39 is 5.41 Å². The lowest BCUT2D eigenvalue weighted by molar-refractivity contribution is -0.134. The van der Waals surface area contributed by atoms with E-state index >= 15 is 0 Å². The van der Waals surface area contributed by atoms with E-state index in [1.54, 1.807) is 6.92 Å². The Kier molecular flexibility index (Phi) is 1.77. The second-order valence-electron chi connectivity index (χ2n) is 3.08. The summed E-state index contributed by atoms with van der Waals surface area (Å²) >= 11 is 0. The molecule has 3 nitrogen and oxygen atoms in total. The minimum Gasteiger partial charge on any atom is -0.299 e. The van der Waals surface area contributed by atoms with Gasteiger partial charge in [-0.1, -0.05) is 0 Å². The van der Waals surface area contributed by atoms with Crippen LogP contribution in [-0.2, 0) is 9.59 Å². The van der Waals surface area contributed by atoms with Gasteiger partial charge in [0, 0.05) is 6.42 Å². The van der Waals surface area contributed by atoms with E-state index in [4.69, 9.17) is 5.26 Å². The Balaban J connectivity index is 2.82. The summed E-state index contributed by atoms with van der Waals surface area (Å²) < 4.78 is 0. The van der Waals surface area contributed by atoms with Gasteiger partial charge in [0.1, 0.15) is 11.2 Å². The van der Waals surface area contributed by atoms with Crippen LogP contribution in [0.15, 0.2) is 0 Å². The van der Waals surface area contributed by atoms with Crippen molar-refractivity contribution in [3.8, 4) is 6.07 Å². The molecule has 3 heteroatoms. The summed E-state index contributed by atoms with van der Waals surface area (Å²) in [6.45, 7) is 1.60. The smallest absolute Gasteiger partial charge is 0.160 e. The van der Waals surface area contributed by atoms with E-state index in [1.807, 2.05) is 6.07 Å². The van der Waals surface area contributed by atoms with Crippen molar-refractivity contribution in [1.82, 2.24) is 0 Å². The van der Waals surface area contributed by atoms with Gasteiger partial charge >= 0.3 is 0 Å². The molecule has 0 radical (unpaired) electrons. The fourth-order valence-corrected chi connectivity index (χ4v) is 1.11. The van der Waals surface area contributed by atoms with Crippen LogP contribution in [-0.4, -0.2) is 11.6 Å². The third-order valence-electron chi connectivity index (χ3n) is 2.12. The zero-order chi connectivity index (χ0) is 8.48. The molecule has 0 unspecified atom stereocenters. The molecule has 0 aliphatic heterocycles. The standard InChI is InChI=1S/C8H9NO2/c1-8(5-9)3-2-6(10)4-7(8)11/h2-4H2,1H3/t8-/m1/s1. The summed E-state index contributed by atoms with van der Waals surface area (Å²) in [4.78, 5) is 21.9. The normalized spacial score (nSPS) is 31.6. The van der Waals surface area contributed by atoms with E-state index in [0.29, 0.717) is 12.8 Å². The Bertz CT molecular complexity index is 251. The highest BCUT2D eigenvalue weighted by molar-refractivity contribution is 6.05. The van der Waals surface area contributed by atoms with Crippen LogP contribution in [0, 0.1) is 16.7 Å². The van der Waals surface area contributed by atoms with Crippen molar-refractivity contribution >= 4 is 11.6 Å². The number of hydrogen-bond donors (Lipinski definition) is 0. The minimum absolute atomic E-state index is 0.0391. The molecule has 0 bridgehead atoms. The number of ketones is 2. The summed E-state index contributed by atoms with van der Waals surface area (Å²) in [5.74, 6) is -0.265. The molecule has 0 N–H and O–H groups in total. The Morgan fingerprint density at radius 2 is 2.18 bits per heavy atom. The molecular formula is C8H9NO2. The van der Waals surface area contributed by atoms with Crippen molar-refractivity contribution < 1.29 is 9.59 Å². The van der Waals surface area contributed by atoms with Gasteiger partial charge in [0.05, 0.1) is 12.5 Å². The third kappa shape index (κ3) is 1.30. The molecule has 0 amide bonds. The molecule has 0 saturated heterocycles. The number of rotatable bonds is 0. The number of carbonyl (C=O) groups is 2. The first kappa shape index (κ1) is 7.93. The topological polar surface area (TPSA) is 57.9 Å². The molecule has 1 atom stereocenters. The van der Waals surface area contributed by atoms with E-state index in [0.717, 1.165) is 0 Å². The molecule has 11 heavy (non-hydrogen) atoms. The summed E-state index contributed by atoms with van der Waals surface area (Å²) in [7, 11) is 0. The van der Waals surface area contributed by atoms with Crippen LogP contribution in [0.25, 0.3) is 0 Å². The molecule has 1 saturated carbocycles. The van der Waals surface area contributed by atoms with Crippen LogP contribution >= 0.6 is 0 Å². The summed E-state index contributed by atoms with van der Waals surface area (Å²) in [5, 5.41) is 8.62. The van der Waals surface area contributed by atoms with Gasteiger partial charge in [-0.3, -0.25) is 9.59 Å². The second kappa shape index (κ2) is 2.46. The molecule has 0 aromatic rings. The van der Waals surface area contributed by atoms with Crippen molar-refractivity contribution in [2.75, 3.05) is 0 Å². The summed E-state index contributed by atoms with van der Waals surface area (Å²) in [5.41, 5.74) is -0.895. The predicted molar refractivity (Wildman–Crippen MR) is 37.6 cm³/mol. The molecule has 0 aromatic carbocycles. The monoisotopic (exact) mass is 151 g/mol. The maximum atomic E-state index is 11.1. The summed E-state index contributed by atoms with van der Waals surface area (Å²) in [6, 6.07) is 1.95. The van der Waals surface area contributed by atoms with Crippen molar-refractivity contribution in [3.05, 3.63) is 0 Å². The van der Waals surface area contributed by atoms with Crippen LogP contribution < -0.4 is 0 Å². The molecule has 1 fully saturated rings. The molecule has 1 rings (SSSR count). The van der Waals surface area contributed by atoms with Crippen molar-refractivity contribution in [3.63, 3.8) is 0 Å². The largest absolute Gasteiger partial charge is 0.299 e. The molecule has 58 valence electrons. The van der Waals surface area contributed by atoms with Gasteiger partial charge in [-0.05, 0) is 13.3 Å². The SMILES string of the molecule is C[C@]1(C#N)CCC(=O)CC1=O. The van der Waals surface area contributed by atoms with Crippen molar-refractivity contribution in [2.24, 2.45) is 5.41 Å². The molecular weight excluding hydrogens is 142 g/mol. The third-order valence-corrected chi connectivity index (χ3v) is 2.12. The number of Topliss-reactive ketones (excluding diaryl/α,β-unsaturated/α-hetero) is 2. The minimum atomic E-state index is -0.895. The van der Waals surface area contributed by atoms with Gasteiger partial charge in [0.25, 0.3) is 0 Å². The highest BCUT2D eigenvalue weighted by Crippen LogP contribution is 2.29. The highest BCUT2D eigenvalue weighted by Gasteiger charge is 2.38. The number of nitrogens with zero attached hydrogens (tertiary/aromatic N) is 1. The zero-order valence-corrected chi connectivity index (χ0v) is 6.39. The lowest BCUT2D eigenvalue weighted by Gasteiger charge is -2.23. The average molecular weight is 151 g/mol. The molecule has 1 aliphatic carbocycles. The Morgan fingerprint density at radius 1 is 1.55 bits per heavy atom. The zero-order valence-electron chi connectivity index (χ0n) is 6.39. The predicted octanol–water partition coefficient (Wildman–Crippen LogP) is 0.838. The fraction of sp³-hybridized carbons (Fsp3) is 0.625. The Morgan fingerprint density at radius 3 is 2.64 bits per heavy atom. The van der Waals surface area contributed by atoms with Crippen molar-refractivity contribution in [1.29, 1.82) is 5.26 Å². The van der Waals surface area contributed by atoms with E-state index in [1.165, 1.54) is 0 Å². The van der Waals surface area contributed by atoms with E-state index in [2.05, 4.69) is 0 Å². The quantitative estimate of drug-likeness (QED) is 0.482. The van der Waals surface area contributed by atoms with Crippen LogP contribution in [0.2, 0.25) is 0 Å².